The van der Waals surface area contributed by atoms with Crippen molar-refractivity contribution < 1.29 is 9.32 Å². The zero-order valence-corrected chi connectivity index (χ0v) is 16.3. The molecule has 0 aliphatic rings. The third-order valence-corrected chi connectivity index (χ3v) is 4.43. The molecule has 1 aromatic heterocycles. The highest BCUT2D eigenvalue weighted by Crippen LogP contribution is 2.24. The molecular weight excluding hydrogens is 384 g/mol. The highest BCUT2D eigenvalue weighted by Gasteiger charge is 2.24. The maximum atomic E-state index is 12.2. The molecule has 1 unspecified atom stereocenters. The van der Waals surface area contributed by atoms with Crippen LogP contribution in [-0.4, -0.2) is 22.6 Å². The van der Waals surface area contributed by atoms with Crippen LogP contribution in [-0.2, 0) is 4.79 Å². The maximum Gasteiger partial charge on any atom is 0.249 e. The monoisotopic (exact) mass is 408 g/mol. The highest BCUT2D eigenvalue weighted by atomic mass is 79.9. The van der Waals surface area contributed by atoms with E-state index in [2.05, 4.69) is 31.4 Å². The summed E-state index contributed by atoms with van der Waals surface area (Å²) >= 11 is 3.40. The number of hydrogen-bond acceptors (Lipinski definition) is 5. The molecule has 1 amide bonds. The standard InChI is InChI=1S/C18H25BrN4O2/c1-12(2)16(21-15(24)6-4-3-5-11-20)18-22-17(23-25-18)13-7-9-14(19)10-8-13/h7-10,12,16H,3-6,11,20H2,1-2H3,(H,21,24). The SMILES string of the molecule is CC(C)C(NC(=O)CCCCCN)c1nc(-c2ccc(Br)cc2)no1. The average Bonchev–Trinajstić information content (AvgIpc) is 3.06. The Morgan fingerprint density at radius 3 is 2.60 bits per heavy atom. The number of aromatic nitrogens is 2. The molecule has 0 fully saturated rings. The molecule has 6 nitrogen and oxygen atoms in total. The summed E-state index contributed by atoms with van der Waals surface area (Å²) < 4.78 is 6.40. The summed E-state index contributed by atoms with van der Waals surface area (Å²) in [6.45, 7) is 4.70. The second kappa shape index (κ2) is 9.68. The van der Waals surface area contributed by atoms with Gasteiger partial charge in [0.25, 0.3) is 0 Å². The van der Waals surface area contributed by atoms with E-state index in [9.17, 15) is 4.79 Å². The van der Waals surface area contributed by atoms with Crippen molar-refractivity contribution in [2.45, 2.75) is 45.6 Å². The Labute approximate surface area is 156 Å². The molecule has 0 aliphatic heterocycles. The molecule has 0 bridgehead atoms. The van der Waals surface area contributed by atoms with Crippen molar-refractivity contribution in [3.63, 3.8) is 0 Å². The van der Waals surface area contributed by atoms with E-state index < -0.39 is 0 Å². The van der Waals surface area contributed by atoms with Crippen molar-refractivity contribution in [3.8, 4) is 11.4 Å². The lowest BCUT2D eigenvalue weighted by atomic mass is 10.0. The van der Waals surface area contributed by atoms with Gasteiger partial charge >= 0.3 is 0 Å². The molecule has 0 radical (unpaired) electrons. The van der Waals surface area contributed by atoms with Crippen molar-refractivity contribution in [1.29, 1.82) is 0 Å². The quantitative estimate of drug-likeness (QED) is 0.614. The topological polar surface area (TPSA) is 94.0 Å². The zero-order chi connectivity index (χ0) is 18.2. The summed E-state index contributed by atoms with van der Waals surface area (Å²) in [5, 5.41) is 7.06. The minimum Gasteiger partial charge on any atom is -0.344 e. The van der Waals surface area contributed by atoms with Crippen LogP contribution >= 0.6 is 15.9 Å². The summed E-state index contributed by atoms with van der Waals surface area (Å²) in [4.78, 5) is 16.6. The average molecular weight is 409 g/mol. The third kappa shape index (κ3) is 5.93. The molecular formula is C18H25BrN4O2. The van der Waals surface area contributed by atoms with Gasteiger partial charge in [-0.05, 0) is 49.6 Å². The summed E-state index contributed by atoms with van der Waals surface area (Å²) in [7, 11) is 0. The lowest BCUT2D eigenvalue weighted by Gasteiger charge is -2.18. The molecule has 2 aromatic rings. The molecule has 2 rings (SSSR count). The third-order valence-electron chi connectivity index (χ3n) is 3.90. The van der Waals surface area contributed by atoms with Gasteiger partial charge in [-0.2, -0.15) is 4.98 Å². The number of carbonyl (C=O) groups excluding carboxylic acids is 1. The Kier molecular flexibility index (Phi) is 7.58. The molecule has 3 N–H and O–H groups in total. The van der Waals surface area contributed by atoms with Crippen molar-refractivity contribution in [2.24, 2.45) is 11.7 Å². The number of rotatable bonds is 9. The number of benzene rings is 1. The fourth-order valence-electron chi connectivity index (χ4n) is 2.44. The molecule has 1 atom stereocenters. The van der Waals surface area contributed by atoms with Gasteiger partial charge in [0.05, 0.1) is 0 Å². The van der Waals surface area contributed by atoms with E-state index in [1.54, 1.807) is 0 Å². The van der Waals surface area contributed by atoms with Crippen LogP contribution in [0.1, 0.15) is 51.5 Å². The van der Waals surface area contributed by atoms with Gasteiger partial charge < -0.3 is 15.6 Å². The van der Waals surface area contributed by atoms with Crippen LogP contribution in [0.2, 0.25) is 0 Å². The predicted octanol–water partition coefficient (Wildman–Crippen LogP) is 3.83. The van der Waals surface area contributed by atoms with Crippen molar-refractivity contribution in [1.82, 2.24) is 15.5 Å². The summed E-state index contributed by atoms with van der Waals surface area (Å²) in [5.41, 5.74) is 6.34. The minimum absolute atomic E-state index is 0.000821. The first-order chi connectivity index (χ1) is 12.0. The fraction of sp³-hybridized carbons (Fsp3) is 0.500. The van der Waals surface area contributed by atoms with Crippen LogP contribution in [0, 0.1) is 5.92 Å². The van der Waals surface area contributed by atoms with Gasteiger partial charge in [-0.25, -0.2) is 0 Å². The van der Waals surface area contributed by atoms with Gasteiger partial charge in [0.1, 0.15) is 6.04 Å². The minimum atomic E-state index is -0.293. The van der Waals surface area contributed by atoms with Crippen LogP contribution in [0.25, 0.3) is 11.4 Å². The Balaban J connectivity index is 2.02. The number of unbranched alkanes of at least 4 members (excludes halogenated alkanes) is 2. The molecule has 1 heterocycles. The van der Waals surface area contributed by atoms with E-state index in [1.807, 2.05) is 38.1 Å². The van der Waals surface area contributed by atoms with Crippen molar-refractivity contribution >= 4 is 21.8 Å². The first-order valence-corrected chi connectivity index (χ1v) is 9.39. The first kappa shape index (κ1) is 19.6. The van der Waals surface area contributed by atoms with Crippen LogP contribution in [0.4, 0.5) is 0 Å². The number of nitrogens with one attached hydrogen (secondary N) is 1. The van der Waals surface area contributed by atoms with E-state index >= 15 is 0 Å². The lowest BCUT2D eigenvalue weighted by molar-refractivity contribution is -0.122. The Morgan fingerprint density at radius 1 is 1.24 bits per heavy atom. The molecule has 25 heavy (non-hydrogen) atoms. The van der Waals surface area contributed by atoms with Crippen LogP contribution in [0.5, 0.6) is 0 Å². The number of hydrogen-bond donors (Lipinski definition) is 2. The molecule has 1 aromatic carbocycles. The largest absolute Gasteiger partial charge is 0.344 e. The van der Waals surface area contributed by atoms with E-state index in [4.69, 9.17) is 10.3 Å². The summed E-state index contributed by atoms with van der Waals surface area (Å²) in [5.74, 6) is 1.10. The number of halogens is 1. The predicted molar refractivity (Wildman–Crippen MR) is 101 cm³/mol. The normalized spacial score (nSPS) is 12.4. The second-order valence-electron chi connectivity index (χ2n) is 6.35. The molecule has 0 saturated heterocycles. The van der Waals surface area contributed by atoms with Gasteiger partial charge in [-0.1, -0.05) is 41.4 Å². The van der Waals surface area contributed by atoms with E-state index in [1.165, 1.54) is 0 Å². The van der Waals surface area contributed by atoms with Gasteiger partial charge in [0.2, 0.25) is 17.6 Å². The van der Waals surface area contributed by atoms with Crippen LogP contribution in [0.15, 0.2) is 33.3 Å². The second-order valence-corrected chi connectivity index (χ2v) is 7.27. The molecule has 136 valence electrons. The fourth-order valence-corrected chi connectivity index (χ4v) is 2.71. The van der Waals surface area contributed by atoms with Crippen LogP contribution in [0.3, 0.4) is 0 Å². The Bertz CT molecular complexity index is 670. The Hall–Kier alpha value is -1.73. The van der Waals surface area contributed by atoms with E-state index in [-0.39, 0.29) is 17.9 Å². The van der Waals surface area contributed by atoms with Gasteiger partial charge in [-0.15, -0.1) is 0 Å². The highest BCUT2D eigenvalue weighted by molar-refractivity contribution is 9.10. The van der Waals surface area contributed by atoms with Gasteiger partial charge in [0, 0.05) is 16.5 Å². The van der Waals surface area contributed by atoms with E-state index in [0.29, 0.717) is 24.7 Å². The lowest BCUT2D eigenvalue weighted by Crippen LogP contribution is -2.31. The first-order valence-electron chi connectivity index (χ1n) is 8.60. The maximum absolute atomic E-state index is 12.2. The van der Waals surface area contributed by atoms with Crippen molar-refractivity contribution in [3.05, 3.63) is 34.6 Å². The Morgan fingerprint density at radius 2 is 1.96 bits per heavy atom. The number of nitrogens with zero attached hydrogens (tertiary/aromatic N) is 2. The number of nitrogens with two attached hydrogens (primary N) is 1. The van der Waals surface area contributed by atoms with E-state index in [0.717, 1.165) is 29.3 Å². The molecule has 7 heteroatoms. The molecule has 0 spiro atoms. The summed E-state index contributed by atoms with van der Waals surface area (Å²) in [6.07, 6.45) is 3.23. The van der Waals surface area contributed by atoms with Gasteiger partial charge in [0.15, 0.2) is 0 Å². The summed E-state index contributed by atoms with van der Waals surface area (Å²) in [6, 6.07) is 7.39. The smallest absolute Gasteiger partial charge is 0.249 e. The molecule has 0 saturated carbocycles. The molecule has 0 aliphatic carbocycles. The zero-order valence-electron chi connectivity index (χ0n) is 14.7. The van der Waals surface area contributed by atoms with Gasteiger partial charge in [-0.3, -0.25) is 4.79 Å². The number of amides is 1. The van der Waals surface area contributed by atoms with Crippen LogP contribution < -0.4 is 11.1 Å². The number of carbonyl (C=O) groups is 1. The van der Waals surface area contributed by atoms with Crippen molar-refractivity contribution in [2.75, 3.05) is 6.54 Å².